The summed E-state index contributed by atoms with van der Waals surface area (Å²) in [6, 6.07) is 14.6. The van der Waals surface area contributed by atoms with Crippen molar-refractivity contribution in [2.45, 2.75) is 6.92 Å². The number of halogens is 2. The van der Waals surface area contributed by atoms with Crippen LogP contribution >= 0.6 is 0 Å². The molecule has 0 spiro atoms. The quantitative estimate of drug-likeness (QED) is 0.360. The molecule has 0 atom stereocenters. The molecule has 0 saturated heterocycles. The molecular formula is C23H15F2N3O4. The summed E-state index contributed by atoms with van der Waals surface area (Å²) in [5.74, 6) is -3.61. The maximum Gasteiger partial charge on any atom is 0.282 e. The number of benzene rings is 3. The van der Waals surface area contributed by atoms with E-state index in [0.29, 0.717) is 16.7 Å². The van der Waals surface area contributed by atoms with Crippen LogP contribution < -0.4 is 10.2 Å². The number of nitrogens with zero attached hydrogens (tertiary/aromatic N) is 2. The number of nitro benzene ring substituents is 1. The number of nitrogens with one attached hydrogen (secondary N) is 1. The van der Waals surface area contributed by atoms with Crippen LogP contribution in [0.25, 0.3) is 5.57 Å². The van der Waals surface area contributed by atoms with E-state index in [-0.39, 0.29) is 22.5 Å². The van der Waals surface area contributed by atoms with E-state index in [1.165, 1.54) is 24.3 Å². The van der Waals surface area contributed by atoms with E-state index in [9.17, 15) is 28.5 Å². The van der Waals surface area contributed by atoms with Crippen molar-refractivity contribution in [2.24, 2.45) is 0 Å². The van der Waals surface area contributed by atoms with Crippen molar-refractivity contribution in [3.8, 4) is 0 Å². The summed E-state index contributed by atoms with van der Waals surface area (Å²) in [5, 5.41) is 13.9. The van der Waals surface area contributed by atoms with Gasteiger partial charge in [0.15, 0.2) is 0 Å². The second kappa shape index (κ2) is 8.03. The molecule has 1 aliphatic heterocycles. The Hall–Kier alpha value is -4.40. The van der Waals surface area contributed by atoms with Crippen molar-refractivity contribution in [2.75, 3.05) is 10.2 Å². The summed E-state index contributed by atoms with van der Waals surface area (Å²) < 4.78 is 27.8. The zero-order valence-electron chi connectivity index (χ0n) is 16.6. The minimum Gasteiger partial charge on any atom is -0.350 e. The second-order valence-electron chi connectivity index (χ2n) is 7.04. The molecule has 9 heteroatoms. The molecule has 32 heavy (non-hydrogen) atoms. The number of carbonyl (C=O) groups excluding carboxylic acids is 2. The van der Waals surface area contributed by atoms with Crippen LogP contribution in [0.15, 0.2) is 72.4 Å². The van der Waals surface area contributed by atoms with Crippen LogP contribution in [-0.4, -0.2) is 16.7 Å². The number of rotatable bonds is 5. The smallest absolute Gasteiger partial charge is 0.282 e. The fourth-order valence-electron chi connectivity index (χ4n) is 3.39. The number of para-hydroxylation sites is 1. The zero-order chi connectivity index (χ0) is 23.0. The summed E-state index contributed by atoms with van der Waals surface area (Å²) >= 11 is 0. The Morgan fingerprint density at radius 2 is 1.62 bits per heavy atom. The highest BCUT2D eigenvalue weighted by atomic mass is 19.1. The first-order valence-corrected chi connectivity index (χ1v) is 9.43. The van der Waals surface area contributed by atoms with Crippen LogP contribution in [-0.2, 0) is 9.59 Å². The van der Waals surface area contributed by atoms with Gasteiger partial charge in [-0.15, -0.1) is 0 Å². The van der Waals surface area contributed by atoms with E-state index in [1.54, 1.807) is 31.2 Å². The van der Waals surface area contributed by atoms with E-state index in [4.69, 9.17) is 0 Å². The van der Waals surface area contributed by atoms with Crippen molar-refractivity contribution < 1.29 is 23.3 Å². The van der Waals surface area contributed by atoms with Crippen LogP contribution in [0.2, 0.25) is 0 Å². The molecule has 0 fully saturated rings. The van der Waals surface area contributed by atoms with Crippen molar-refractivity contribution in [3.05, 3.63) is 105 Å². The topological polar surface area (TPSA) is 92.6 Å². The summed E-state index contributed by atoms with van der Waals surface area (Å²) in [6.07, 6.45) is 0. The van der Waals surface area contributed by atoms with Gasteiger partial charge in [0.05, 0.1) is 16.2 Å². The van der Waals surface area contributed by atoms with Gasteiger partial charge in [-0.2, -0.15) is 0 Å². The lowest BCUT2D eigenvalue weighted by Crippen LogP contribution is -2.33. The van der Waals surface area contributed by atoms with Crippen LogP contribution in [0.1, 0.15) is 11.1 Å². The van der Waals surface area contributed by atoms with Gasteiger partial charge in [0.25, 0.3) is 17.5 Å². The minimum atomic E-state index is -1.08. The fraction of sp³-hybridized carbons (Fsp3) is 0.0435. The predicted octanol–water partition coefficient (Wildman–Crippen LogP) is 4.58. The lowest BCUT2D eigenvalue weighted by Gasteiger charge is -2.16. The van der Waals surface area contributed by atoms with Crippen LogP contribution in [0.5, 0.6) is 0 Å². The van der Waals surface area contributed by atoms with Crippen LogP contribution in [0.3, 0.4) is 0 Å². The van der Waals surface area contributed by atoms with Gasteiger partial charge in [-0.3, -0.25) is 19.7 Å². The standard InChI is InChI=1S/C23H15F2N3O4/c1-13-4-2-3-5-18(13)26-21-20(14-6-9-16(10-7-14)28(31)32)22(29)27(23(21)30)19-11-8-15(24)12-17(19)25/h2-12,26H,1H3. The number of aryl methyl sites for hydroxylation is 1. The van der Waals surface area contributed by atoms with E-state index in [2.05, 4.69) is 5.32 Å². The van der Waals surface area contributed by atoms with Crippen molar-refractivity contribution >= 4 is 34.4 Å². The molecule has 1 aliphatic rings. The summed E-state index contributed by atoms with van der Waals surface area (Å²) in [6.45, 7) is 1.80. The molecule has 3 aromatic carbocycles. The minimum absolute atomic E-state index is 0.0862. The first-order chi connectivity index (χ1) is 15.3. The van der Waals surface area contributed by atoms with Crippen molar-refractivity contribution in [1.82, 2.24) is 0 Å². The van der Waals surface area contributed by atoms with Crippen molar-refractivity contribution in [1.29, 1.82) is 0 Å². The molecule has 0 aromatic heterocycles. The number of non-ortho nitro benzene ring substituents is 1. The van der Waals surface area contributed by atoms with Gasteiger partial charge in [-0.25, -0.2) is 13.7 Å². The Labute approximate surface area is 180 Å². The van der Waals surface area contributed by atoms with E-state index < -0.39 is 34.1 Å². The SMILES string of the molecule is Cc1ccccc1NC1=C(c2ccc([N+](=O)[O-])cc2)C(=O)N(c2ccc(F)cc2F)C1=O. The highest BCUT2D eigenvalue weighted by Crippen LogP contribution is 2.35. The van der Waals surface area contributed by atoms with E-state index in [0.717, 1.165) is 17.7 Å². The van der Waals surface area contributed by atoms with Gasteiger partial charge >= 0.3 is 0 Å². The van der Waals surface area contributed by atoms with Gasteiger partial charge in [-0.05, 0) is 48.4 Å². The number of nitro groups is 1. The average Bonchev–Trinajstić information content (AvgIpc) is 2.99. The number of amides is 2. The van der Waals surface area contributed by atoms with Crippen LogP contribution in [0.4, 0.5) is 25.8 Å². The Kier molecular flexibility index (Phi) is 5.23. The first-order valence-electron chi connectivity index (χ1n) is 9.43. The molecule has 160 valence electrons. The second-order valence-corrected chi connectivity index (χ2v) is 7.04. The van der Waals surface area contributed by atoms with Crippen LogP contribution in [0, 0.1) is 28.7 Å². The Balaban J connectivity index is 1.85. The largest absolute Gasteiger partial charge is 0.350 e. The lowest BCUT2D eigenvalue weighted by molar-refractivity contribution is -0.384. The highest BCUT2D eigenvalue weighted by molar-refractivity contribution is 6.46. The molecule has 0 radical (unpaired) electrons. The molecule has 0 aliphatic carbocycles. The number of imide groups is 1. The number of carbonyl (C=O) groups is 2. The Bertz CT molecular complexity index is 1300. The predicted molar refractivity (Wildman–Crippen MR) is 114 cm³/mol. The molecule has 0 bridgehead atoms. The molecule has 0 unspecified atom stereocenters. The monoisotopic (exact) mass is 435 g/mol. The van der Waals surface area contributed by atoms with Crippen molar-refractivity contribution in [3.63, 3.8) is 0 Å². The van der Waals surface area contributed by atoms with Gasteiger partial charge in [0.1, 0.15) is 17.3 Å². The molecule has 0 saturated carbocycles. The normalized spacial score (nSPS) is 13.7. The first kappa shape index (κ1) is 20.9. The van der Waals surface area contributed by atoms with Gasteiger partial charge in [0, 0.05) is 23.9 Å². The number of anilines is 2. The molecule has 7 nitrogen and oxygen atoms in total. The van der Waals surface area contributed by atoms with Gasteiger partial charge in [0.2, 0.25) is 0 Å². The third-order valence-corrected chi connectivity index (χ3v) is 5.01. The number of hydrogen-bond donors (Lipinski definition) is 1. The molecular weight excluding hydrogens is 420 g/mol. The molecule has 2 amide bonds. The lowest BCUT2D eigenvalue weighted by atomic mass is 10.0. The number of hydrogen-bond acceptors (Lipinski definition) is 5. The molecule has 1 heterocycles. The maximum absolute atomic E-state index is 14.4. The summed E-state index contributed by atoms with van der Waals surface area (Å²) in [7, 11) is 0. The Morgan fingerprint density at radius 3 is 2.25 bits per heavy atom. The molecule has 3 aromatic rings. The van der Waals surface area contributed by atoms with E-state index >= 15 is 0 Å². The van der Waals surface area contributed by atoms with Gasteiger partial charge in [-0.1, -0.05) is 18.2 Å². The fourth-order valence-corrected chi connectivity index (χ4v) is 3.39. The van der Waals surface area contributed by atoms with Gasteiger partial charge < -0.3 is 5.32 Å². The zero-order valence-corrected chi connectivity index (χ0v) is 16.6. The van der Waals surface area contributed by atoms with E-state index in [1.807, 2.05) is 0 Å². The summed E-state index contributed by atoms with van der Waals surface area (Å²) in [5.41, 5.74) is 0.761. The molecule has 1 N–H and O–H groups in total. The molecule has 4 rings (SSSR count). The maximum atomic E-state index is 14.4. The average molecular weight is 435 g/mol. The Morgan fingerprint density at radius 1 is 0.938 bits per heavy atom. The third kappa shape index (κ3) is 3.60. The third-order valence-electron chi connectivity index (χ3n) is 5.01. The summed E-state index contributed by atoms with van der Waals surface area (Å²) in [4.78, 5) is 37.5. The highest BCUT2D eigenvalue weighted by Gasteiger charge is 2.41.